The van der Waals surface area contributed by atoms with Crippen LogP contribution in [0.15, 0.2) is 17.5 Å². The Labute approximate surface area is 88.5 Å². The largest absolute Gasteiger partial charge is 0.358 e. The Hall–Kier alpha value is -0.870. The maximum Gasteiger partial charge on any atom is 0.233 e. The molecule has 0 fully saturated rings. The molecule has 1 aromatic heterocycles. The van der Waals surface area contributed by atoms with Crippen LogP contribution in [0.2, 0.25) is 0 Å². The maximum absolute atomic E-state index is 11.0. The number of carbonyl (C=O) groups excluding carboxylic acids is 1. The van der Waals surface area contributed by atoms with Gasteiger partial charge in [-0.1, -0.05) is 13.0 Å². The molecular formula is C10H16N2OS. The standard InChI is InChI=1S/C10H16N2OS/c1-3-8(9-5-4-6-14-9)12-7-10(13)11-2/h4-6,8,12H,3,7H2,1-2H3,(H,11,13). The van der Waals surface area contributed by atoms with Crippen molar-refractivity contribution < 1.29 is 4.79 Å². The summed E-state index contributed by atoms with van der Waals surface area (Å²) in [5.41, 5.74) is 0. The Bertz CT molecular complexity index is 272. The van der Waals surface area contributed by atoms with Crippen molar-refractivity contribution in [1.82, 2.24) is 10.6 Å². The quantitative estimate of drug-likeness (QED) is 0.777. The lowest BCUT2D eigenvalue weighted by atomic mass is 10.2. The topological polar surface area (TPSA) is 41.1 Å². The second-order valence-electron chi connectivity index (χ2n) is 3.03. The molecule has 1 aromatic rings. The zero-order valence-corrected chi connectivity index (χ0v) is 9.36. The average molecular weight is 212 g/mol. The first-order valence-corrected chi connectivity index (χ1v) is 5.63. The predicted molar refractivity (Wildman–Crippen MR) is 59.4 cm³/mol. The molecule has 2 N–H and O–H groups in total. The molecule has 0 saturated heterocycles. The third-order valence-electron chi connectivity index (χ3n) is 2.08. The van der Waals surface area contributed by atoms with E-state index in [2.05, 4.69) is 29.0 Å². The van der Waals surface area contributed by atoms with Gasteiger partial charge in [0.25, 0.3) is 0 Å². The summed E-state index contributed by atoms with van der Waals surface area (Å²) in [7, 11) is 1.65. The molecule has 4 heteroatoms. The molecule has 0 aromatic carbocycles. The number of carbonyl (C=O) groups is 1. The van der Waals surface area contributed by atoms with Gasteiger partial charge < -0.3 is 10.6 Å². The van der Waals surface area contributed by atoms with Crippen LogP contribution in [-0.4, -0.2) is 19.5 Å². The van der Waals surface area contributed by atoms with E-state index >= 15 is 0 Å². The smallest absolute Gasteiger partial charge is 0.233 e. The lowest BCUT2D eigenvalue weighted by molar-refractivity contribution is -0.119. The molecule has 1 rings (SSSR count). The van der Waals surface area contributed by atoms with E-state index in [1.807, 2.05) is 6.07 Å². The first-order valence-electron chi connectivity index (χ1n) is 4.75. The van der Waals surface area contributed by atoms with Gasteiger partial charge in [0, 0.05) is 18.0 Å². The highest BCUT2D eigenvalue weighted by molar-refractivity contribution is 7.10. The third kappa shape index (κ3) is 3.12. The lowest BCUT2D eigenvalue weighted by Crippen LogP contribution is -2.33. The fourth-order valence-electron chi connectivity index (χ4n) is 1.24. The minimum absolute atomic E-state index is 0.0278. The molecule has 0 aliphatic heterocycles. The van der Waals surface area contributed by atoms with Gasteiger partial charge in [0.05, 0.1) is 6.54 Å². The summed E-state index contributed by atoms with van der Waals surface area (Å²) in [5.74, 6) is 0.0278. The van der Waals surface area contributed by atoms with Crippen molar-refractivity contribution in [3.8, 4) is 0 Å². The molecule has 1 atom stereocenters. The van der Waals surface area contributed by atoms with Crippen LogP contribution in [0, 0.1) is 0 Å². The summed E-state index contributed by atoms with van der Waals surface area (Å²) in [5, 5.41) is 7.87. The normalized spacial score (nSPS) is 12.4. The van der Waals surface area contributed by atoms with Crippen LogP contribution in [0.25, 0.3) is 0 Å². The van der Waals surface area contributed by atoms with Crippen molar-refractivity contribution in [3.05, 3.63) is 22.4 Å². The Morgan fingerprint density at radius 3 is 2.93 bits per heavy atom. The van der Waals surface area contributed by atoms with E-state index < -0.39 is 0 Å². The number of amides is 1. The molecule has 0 bridgehead atoms. The number of hydrogen-bond acceptors (Lipinski definition) is 3. The molecule has 1 amide bonds. The summed E-state index contributed by atoms with van der Waals surface area (Å²) < 4.78 is 0. The first-order chi connectivity index (χ1) is 6.77. The zero-order valence-electron chi connectivity index (χ0n) is 8.54. The van der Waals surface area contributed by atoms with Crippen molar-refractivity contribution in [2.24, 2.45) is 0 Å². The Balaban J connectivity index is 2.44. The summed E-state index contributed by atoms with van der Waals surface area (Å²) in [6, 6.07) is 4.42. The summed E-state index contributed by atoms with van der Waals surface area (Å²) in [4.78, 5) is 12.3. The molecule has 78 valence electrons. The molecule has 3 nitrogen and oxygen atoms in total. The van der Waals surface area contributed by atoms with Crippen LogP contribution >= 0.6 is 11.3 Å². The van der Waals surface area contributed by atoms with E-state index in [1.54, 1.807) is 18.4 Å². The highest BCUT2D eigenvalue weighted by atomic mass is 32.1. The van der Waals surface area contributed by atoms with E-state index in [-0.39, 0.29) is 5.91 Å². The molecule has 0 saturated carbocycles. The van der Waals surface area contributed by atoms with Gasteiger partial charge in [-0.3, -0.25) is 4.79 Å². The monoisotopic (exact) mass is 212 g/mol. The molecule has 0 aliphatic rings. The van der Waals surface area contributed by atoms with Crippen LogP contribution in [0.1, 0.15) is 24.3 Å². The molecular weight excluding hydrogens is 196 g/mol. The van der Waals surface area contributed by atoms with Gasteiger partial charge in [-0.2, -0.15) is 0 Å². The van der Waals surface area contributed by atoms with Crippen molar-refractivity contribution >= 4 is 17.2 Å². The predicted octanol–water partition coefficient (Wildman–Crippen LogP) is 1.53. The van der Waals surface area contributed by atoms with Gasteiger partial charge in [-0.25, -0.2) is 0 Å². The highest BCUT2D eigenvalue weighted by Crippen LogP contribution is 2.21. The number of hydrogen-bond donors (Lipinski definition) is 2. The number of nitrogens with one attached hydrogen (secondary N) is 2. The first kappa shape index (κ1) is 11.2. The van der Waals surface area contributed by atoms with Crippen LogP contribution in [-0.2, 0) is 4.79 Å². The molecule has 1 heterocycles. The minimum Gasteiger partial charge on any atom is -0.358 e. The average Bonchev–Trinajstić information content (AvgIpc) is 2.72. The zero-order chi connectivity index (χ0) is 10.4. The second-order valence-corrected chi connectivity index (χ2v) is 4.01. The molecule has 0 aliphatic carbocycles. The van der Waals surface area contributed by atoms with E-state index in [0.717, 1.165) is 6.42 Å². The molecule has 0 spiro atoms. The third-order valence-corrected chi connectivity index (χ3v) is 3.07. The summed E-state index contributed by atoms with van der Waals surface area (Å²) in [6.45, 7) is 2.49. The van der Waals surface area contributed by atoms with Crippen molar-refractivity contribution in [2.75, 3.05) is 13.6 Å². The Kier molecular flexibility index (Phi) is 4.62. The van der Waals surface area contributed by atoms with Crippen molar-refractivity contribution in [2.45, 2.75) is 19.4 Å². The summed E-state index contributed by atoms with van der Waals surface area (Å²) >= 11 is 1.72. The summed E-state index contributed by atoms with van der Waals surface area (Å²) in [6.07, 6.45) is 0.998. The SMILES string of the molecule is CCC(NCC(=O)NC)c1cccs1. The number of rotatable bonds is 5. The van der Waals surface area contributed by atoms with Crippen LogP contribution in [0.5, 0.6) is 0 Å². The van der Waals surface area contributed by atoms with Crippen LogP contribution in [0.3, 0.4) is 0 Å². The number of likely N-dealkylation sites (N-methyl/N-ethyl adjacent to an activating group) is 1. The molecule has 14 heavy (non-hydrogen) atoms. The maximum atomic E-state index is 11.0. The van der Waals surface area contributed by atoms with Crippen LogP contribution in [0.4, 0.5) is 0 Å². The fourth-order valence-corrected chi connectivity index (χ4v) is 2.13. The van der Waals surface area contributed by atoms with Gasteiger partial charge in [-0.05, 0) is 17.9 Å². The highest BCUT2D eigenvalue weighted by Gasteiger charge is 2.10. The van der Waals surface area contributed by atoms with Crippen molar-refractivity contribution in [1.29, 1.82) is 0 Å². The number of thiophene rings is 1. The molecule has 1 unspecified atom stereocenters. The van der Waals surface area contributed by atoms with Gasteiger partial charge in [0.2, 0.25) is 5.91 Å². The van der Waals surface area contributed by atoms with Gasteiger partial charge in [0.1, 0.15) is 0 Å². The lowest BCUT2D eigenvalue weighted by Gasteiger charge is -2.14. The van der Waals surface area contributed by atoms with Gasteiger partial charge in [0.15, 0.2) is 0 Å². The van der Waals surface area contributed by atoms with E-state index in [1.165, 1.54) is 4.88 Å². The molecule has 0 radical (unpaired) electrons. The van der Waals surface area contributed by atoms with Gasteiger partial charge in [-0.15, -0.1) is 11.3 Å². The van der Waals surface area contributed by atoms with Crippen molar-refractivity contribution in [3.63, 3.8) is 0 Å². The Morgan fingerprint density at radius 2 is 2.43 bits per heavy atom. The van der Waals surface area contributed by atoms with E-state index in [9.17, 15) is 4.79 Å². The Morgan fingerprint density at radius 1 is 1.64 bits per heavy atom. The second kappa shape index (κ2) is 5.78. The van der Waals surface area contributed by atoms with E-state index in [4.69, 9.17) is 0 Å². The van der Waals surface area contributed by atoms with Crippen LogP contribution < -0.4 is 10.6 Å². The fraction of sp³-hybridized carbons (Fsp3) is 0.500. The minimum atomic E-state index is 0.0278. The van der Waals surface area contributed by atoms with E-state index in [0.29, 0.717) is 12.6 Å². The van der Waals surface area contributed by atoms with Gasteiger partial charge >= 0.3 is 0 Å².